The molecule has 2 aliphatic heterocycles. The van der Waals surface area contributed by atoms with Crippen molar-refractivity contribution in [1.82, 2.24) is 9.88 Å². The summed E-state index contributed by atoms with van der Waals surface area (Å²) < 4.78 is 5.38. The average molecular weight is 277 g/mol. The molecule has 0 aromatic carbocycles. The first-order valence-electron chi connectivity index (χ1n) is 7.00. The number of morpholine rings is 1. The number of pyridine rings is 1. The van der Waals surface area contributed by atoms with E-state index in [1.807, 2.05) is 0 Å². The van der Waals surface area contributed by atoms with Crippen molar-refractivity contribution in [2.24, 2.45) is 0 Å². The van der Waals surface area contributed by atoms with E-state index >= 15 is 0 Å². The molecule has 20 heavy (non-hydrogen) atoms. The summed E-state index contributed by atoms with van der Waals surface area (Å²) in [6.07, 6.45) is 4.25. The third kappa shape index (κ3) is 2.62. The number of nitrogens with zero attached hydrogens (tertiary/aromatic N) is 3. The quantitative estimate of drug-likeness (QED) is 0.877. The van der Waals surface area contributed by atoms with Crippen molar-refractivity contribution < 1.29 is 14.6 Å². The molecule has 0 spiro atoms. The summed E-state index contributed by atoms with van der Waals surface area (Å²) in [5, 5.41) is 9.26. The lowest BCUT2D eigenvalue weighted by Gasteiger charge is -2.32. The van der Waals surface area contributed by atoms with E-state index in [1.54, 1.807) is 12.3 Å². The van der Waals surface area contributed by atoms with Gasteiger partial charge in [0, 0.05) is 38.4 Å². The molecule has 1 unspecified atom stereocenters. The Kier molecular flexibility index (Phi) is 3.84. The fourth-order valence-corrected chi connectivity index (χ4v) is 3.02. The number of rotatable bonds is 3. The molecule has 3 heterocycles. The van der Waals surface area contributed by atoms with Crippen molar-refractivity contribution in [2.45, 2.75) is 12.5 Å². The molecule has 1 atom stereocenters. The van der Waals surface area contributed by atoms with Gasteiger partial charge in [-0.1, -0.05) is 0 Å². The number of anilines is 1. The Hall–Kier alpha value is -1.66. The van der Waals surface area contributed by atoms with Crippen LogP contribution in [0.2, 0.25) is 0 Å². The van der Waals surface area contributed by atoms with Gasteiger partial charge < -0.3 is 14.7 Å². The van der Waals surface area contributed by atoms with Crippen LogP contribution in [0.4, 0.5) is 5.69 Å². The maximum Gasteiger partial charge on any atom is 0.337 e. The zero-order chi connectivity index (χ0) is 13.9. The fourth-order valence-electron chi connectivity index (χ4n) is 3.02. The molecule has 3 rings (SSSR count). The van der Waals surface area contributed by atoms with Crippen molar-refractivity contribution in [2.75, 3.05) is 44.3 Å². The van der Waals surface area contributed by atoms with Gasteiger partial charge in [0.25, 0.3) is 0 Å². The first-order chi connectivity index (χ1) is 9.75. The van der Waals surface area contributed by atoms with Crippen molar-refractivity contribution in [3.8, 4) is 0 Å². The van der Waals surface area contributed by atoms with E-state index in [4.69, 9.17) is 4.74 Å². The summed E-state index contributed by atoms with van der Waals surface area (Å²) in [5.41, 5.74) is 1.07. The molecular weight excluding hydrogens is 258 g/mol. The van der Waals surface area contributed by atoms with E-state index in [0.717, 1.165) is 51.5 Å². The van der Waals surface area contributed by atoms with Gasteiger partial charge in [0.05, 0.1) is 30.7 Å². The zero-order valence-corrected chi connectivity index (χ0v) is 11.4. The van der Waals surface area contributed by atoms with Crippen LogP contribution in [-0.2, 0) is 4.74 Å². The smallest absolute Gasteiger partial charge is 0.337 e. The Bertz CT molecular complexity index is 488. The van der Waals surface area contributed by atoms with Gasteiger partial charge in [-0.25, -0.2) is 4.79 Å². The van der Waals surface area contributed by atoms with Crippen molar-refractivity contribution >= 4 is 11.7 Å². The SMILES string of the molecule is O=C(O)c1ccncc1N1CCC(N2CCOCC2)C1. The van der Waals surface area contributed by atoms with Crippen molar-refractivity contribution in [3.05, 3.63) is 24.0 Å². The Morgan fingerprint density at radius 3 is 2.90 bits per heavy atom. The van der Waals surface area contributed by atoms with Crippen LogP contribution in [0.1, 0.15) is 16.8 Å². The van der Waals surface area contributed by atoms with Gasteiger partial charge in [0.2, 0.25) is 0 Å². The largest absolute Gasteiger partial charge is 0.478 e. The van der Waals surface area contributed by atoms with Crippen molar-refractivity contribution in [3.63, 3.8) is 0 Å². The summed E-state index contributed by atoms with van der Waals surface area (Å²) in [7, 11) is 0. The van der Waals surface area contributed by atoms with E-state index in [9.17, 15) is 9.90 Å². The lowest BCUT2D eigenvalue weighted by atomic mass is 10.2. The predicted molar refractivity (Wildman–Crippen MR) is 74.2 cm³/mol. The van der Waals surface area contributed by atoms with Crippen LogP contribution < -0.4 is 4.90 Å². The maximum absolute atomic E-state index is 11.3. The molecule has 1 N–H and O–H groups in total. The third-order valence-corrected chi connectivity index (χ3v) is 4.10. The number of aromatic carboxylic acids is 1. The lowest BCUT2D eigenvalue weighted by molar-refractivity contribution is 0.0209. The summed E-state index contributed by atoms with van der Waals surface area (Å²) >= 11 is 0. The second-order valence-electron chi connectivity index (χ2n) is 5.23. The molecule has 108 valence electrons. The van der Waals surface area contributed by atoms with Gasteiger partial charge in [-0.3, -0.25) is 9.88 Å². The first kappa shape index (κ1) is 13.3. The summed E-state index contributed by atoms with van der Waals surface area (Å²) in [4.78, 5) is 19.9. The number of carboxylic acids is 1. The zero-order valence-electron chi connectivity index (χ0n) is 11.4. The summed E-state index contributed by atoms with van der Waals surface area (Å²) in [6, 6.07) is 2.06. The van der Waals surface area contributed by atoms with Crippen LogP contribution in [0.5, 0.6) is 0 Å². The van der Waals surface area contributed by atoms with Gasteiger partial charge in [0.15, 0.2) is 0 Å². The van der Waals surface area contributed by atoms with E-state index < -0.39 is 5.97 Å². The standard InChI is InChI=1S/C14H19N3O3/c18-14(19)12-1-3-15-9-13(12)17-4-2-11(10-17)16-5-7-20-8-6-16/h1,3,9,11H,2,4-8,10H2,(H,18,19). The number of hydrogen-bond acceptors (Lipinski definition) is 5. The highest BCUT2D eigenvalue weighted by Crippen LogP contribution is 2.26. The molecule has 6 heteroatoms. The van der Waals surface area contributed by atoms with Gasteiger partial charge in [-0.2, -0.15) is 0 Å². The molecule has 2 saturated heterocycles. The molecule has 2 aliphatic rings. The van der Waals surface area contributed by atoms with Crippen molar-refractivity contribution in [1.29, 1.82) is 0 Å². The minimum Gasteiger partial charge on any atom is -0.478 e. The fraction of sp³-hybridized carbons (Fsp3) is 0.571. The summed E-state index contributed by atoms with van der Waals surface area (Å²) in [6.45, 7) is 5.28. The normalized spacial score (nSPS) is 24.0. The highest BCUT2D eigenvalue weighted by molar-refractivity contribution is 5.94. The van der Waals surface area contributed by atoms with E-state index in [0.29, 0.717) is 11.6 Å². The monoisotopic (exact) mass is 277 g/mol. The third-order valence-electron chi connectivity index (χ3n) is 4.10. The number of aromatic nitrogens is 1. The number of ether oxygens (including phenoxy) is 1. The van der Waals surface area contributed by atoms with Crippen LogP contribution >= 0.6 is 0 Å². The van der Waals surface area contributed by atoms with Crippen LogP contribution in [0.15, 0.2) is 18.5 Å². The second-order valence-corrected chi connectivity index (χ2v) is 5.23. The number of carbonyl (C=O) groups is 1. The second kappa shape index (κ2) is 5.76. The summed E-state index contributed by atoms with van der Waals surface area (Å²) in [5.74, 6) is -0.891. The molecule has 1 aromatic heterocycles. The van der Waals surface area contributed by atoms with E-state index in [-0.39, 0.29) is 0 Å². The molecule has 1 aromatic rings. The van der Waals surface area contributed by atoms with Crippen LogP contribution in [0.3, 0.4) is 0 Å². The van der Waals surface area contributed by atoms with Crippen LogP contribution in [-0.4, -0.2) is 66.4 Å². The first-order valence-corrected chi connectivity index (χ1v) is 7.00. The Balaban J connectivity index is 1.72. The molecule has 0 radical (unpaired) electrons. The molecule has 0 aliphatic carbocycles. The molecule has 6 nitrogen and oxygen atoms in total. The molecular formula is C14H19N3O3. The minimum atomic E-state index is -0.891. The lowest BCUT2D eigenvalue weighted by Crippen LogP contribution is -2.44. The van der Waals surface area contributed by atoms with Gasteiger partial charge in [0.1, 0.15) is 0 Å². The Morgan fingerprint density at radius 1 is 1.35 bits per heavy atom. The molecule has 2 fully saturated rings. The average Bonchev–Trinajstić information content (AvgIpc) is 2.98. The van der Waals surface area contributed by atoms with Gasteiger partial charge in [-0.15, -0.1) is 0 Å². The van der Waals surface area contributed by atoms with Gasteiger partial charge in [-0.05, 0) is 12.5 Å². The Labute approximate surface area is 118 Å². The Morgan fingerprint density at radius 2 is 2.15 bits per heavy atom. The molecule has 0 bridgehead atoms. The number of carboxylic acid groups (broad SMARTS) is 1. The highest BCUT2D eigenvalue weighted by Gasteiger charge is 2.30. The number of hydrogen-bond donors (Lipinski definition) is 1. The highest BCUT2D eigenvalue weighted by atomic mass is 16.5. The topological polar surface area (TPSA) is 65.9 Å². The minimum absolute atomic E-state index is 0.336. The van der Waals surface area contributed by atoms with Crippen LogP contribution in [0.25, 0.3) is 0 Å². The van der Waals surface area contributed by atoms with E-state index in [1.165, 1.54) is 6.20 Å². The predicted octanol–water partition coefficient (Wildman–Crippen LogP) is 0.691. The van der Waals surface area contributed by atoms with E-state index in [2.05, 4.69) is 14.8 Å². The van der Waals surface area contributed by atoms with Gasteiger partial charge >= 0.3 is 5.97 Å². The molecule has 0 amide bonds. The van der Waals surface area contributed by atoms with Crippen LogP contribution in [0, 0.1) is 0 Å². The molecule has 0 saturated carbocycles. The maximum atomic E-state index is 11.3.